The van der Waals surface area contributed by atoms with Crippen LogP contribution in [0.25, 0.3) is 0 Å². The zero-order valence-electron chi connectivity index (χ0n) is 20.3. The third-order valence-corrected chi connectivity index (χ3v) is 9.87. The van der Waals surface area contributed by atoms with Crippen LogP contribution in [0, 0.1) is 22.7 Å². The number of hydrogen-bond acceptors (Lipinski definition) is 7. The summed E-state index contributed by atoms with van der Waals surface area (Å²) in [4.78, 5) is 48.3. The fourth-order valence-corrected chi connectivity index (χ4v) is 8.40. The molecule has 34 heavy (non-hydrogen) atoms. The summed E-state index contributed by atoms with van der Waals surface area (Å²) in [6.45, 7) is 6.31. The van der Waals surface area contributed by atoms with Crippen molar-refractivity contribution in [1.29, 1.82) is 0 Å². The molecular formula is C26H33FO7. The average Bonchev–Trinajstić information content (AvgIpc) is 3.40. The number of Topliss-reactive ketones (excluding diaryl/α,β-unsaturated/α-hetero) is 1. The Hall–Kier alpha value is -2.09. The molecule has 7 nitrogen and oxygen atoms in total. The van der Waals surface area contributed by atoms with Crippen molar-refractivity contribution in [3.05, 3.63) is 11.6 Å². The molecule has 4 fully saturated rings. The number of carbonyl (C=O) groups excluding carboxylic acids is 4. The highest BCUT2D eigenvalue weighted by molar-refractivity contribution is 5.92. The lowest BCUT2D eigenvalue weighted by atomic mass is 9.45. The van der Waals surface area contributed by atoms with E-state index < -0.39 is 40.1 Å². The molecule has 8 atom stereocenters. The van der Waals surface area contributed by atoms with E-state index in [4.69, 9.17) is 14.2 Å². The van der Waals surface area contributed by atoms with Crippen molar-refractivity contribution in [3.63, 3.8) is 0 Å². The van der Waals surface area contributed by atoms with E-state index in [2.05, 4.69) is 0 Å². The summed E-state index contributed by atoms with van der Waals surface area (Å²) in [6, 6.07) is 0. The summed E-state index contributed by atoms with van der Waals surface area (Å²) in [6.07, 6.45) is 3.11. The Morgan fingerprint density at radius 3 is 2.56 bits per heavy atom. The van der Waals surface area contributed by atoms with Gasteiger partial charge in [-0.15, -0.1) is 0 Å². The molecule has 0 bridgehead atoms. The maximum Gasteiger partial charge on any atom is 0.303 e. The third kappa shape index (κ3) is 3.02. The SMILES string of the molecule is CC(=O)OCC(=O)C[C@@]1(OC(C)=O)CCC2C3C[C@H](F)C4=CC(=O)CC[C@]4(C)C34O[C@@H]4C[C@@]21C. The van der Waals surface area contributed by atoms with Gasteiger partial charge in [-0.05, 0) is 55.6 Å². The van der Waals surface area contributed by atoms with Gasteiger partial charge in [0.05, 0.1) is 12.5 Å². The summed E-state index contributed by atoms with van der Waals surface area (Å²) in [5.41, 5.74) is -2.11. The lowest BCUT2D eigenvalue weighted by Gasteiger charge is -2.57. The number of epoxide rings is 1. The Morgan fingerprint density at radius 2 is 1.88 bits per heavy atom. The molecule has 5 aliphatic rings. The Kier molecular flexibility index (Phi) is 5.18. The van der Waals surface area contributed by atoms with E-state index in [1.165, 1.54) is 19.9 Å². The fourth-order valence-electron chi connectivity index (χ4n) is 8.40. The van der Waals surface area contributed by atoms with Crippen molar-refractivity contribution in [2.75, 3.05) is 6.61 Å². The average molecular weight is 477 g/mol. The quantitative estimate of drug-likeness (QED) is 0.443. The largest absolute Gasteiger partial charge is 0.458 e. The lowest BCUT2D eigenvalue weighted by molar-refractivity contribution is -0.182. The second-order valence-electron chi connectivity index (χ2n) is 11.5. The fraction of sp³-hybridized carbons (Fsp3) is 0.769. The molecule has 1 spiro atoms. The number of fused-ring (bicyclic) bond motifs is 3. The molecular weight excluding hydrogens is 443 g/mol. The van der Waals surface area contributed by atoms with E-state index in [0.717, 1.165) is 0 Å². The molecule has 0 amide bonds. The van der Waals surface area contributed by atoms with E-state index in [-0.39, 0.29) is 49.0 Å². The highest BCUT2D eigenvalue weighted by Gasteiger charge is 2.82. The summed E-state index contributed by atoms with van der Waals surface area (Å²) >= 11 is 0. The van der Waals surface area contributed by atoms with E-state index in [9.17, 15) is 19.2 Å². The summed E-state index contributed by atoms with van der Waals surface area (Å²) < 4.78 is 33.0. The van der Waals surface area contributed by atoms with Crippen LogP contribution in [0.4, 0.5) is 4.39 Å². The predicted octanol–water partition coefficient (Wildman–Crippen LogP) is 3.42. The van der Waals surface area contributed by atoms with Gasteiger partial charge in [0.2, 0.25) is 0 Å². The first-order valence-electron chi connectivity index (χ1n) is 12.3. The van der Waals surface area contributed by atoms with Gasteiger partial charge in [-0.1, -0.05) is 13.8 Å². The number of hydrogen-bond donors (Lipinski definition) is 0. The van der Waals surface area contributed by atoms with E-state index in [1.807, 2.05) is 13.8 Å². The number of alkyl halides is 1. The van der Waals surface area contributed by atoms with Crippen LogP contribution in [0.5, 0.6) is 0 Å². The molecule has 0 aromatic rings. The van der Waals surface area contributed by atoms with Crippen LogP contribution in [0.15, 0.2) is 11.6 Å². The monoisotopic (exact) mass is 476 g/mol. The van der Waals surface area contributed by atoms with Crippen molar-refractivity contribution in [1.82, 2.24) is 0 Å². The van der Waals surface area contributed by atoms with Crippen molar-refractivity contribution in [2.45, 2.75) is 96.1 Å². The molecule has 0 radical (unpaired) electrons. The second-order valence-corrected chi connectivity index (χ2v) is 11.5. The van der Waals surface area contributed by atoms with Crippen molar-refractivity contribution in [3.8, 4) is 0 Å². The maximum atomic E-state index is 15.6. The van der Waals surface area contributed by atoms with Gasteiger partial charge in [0.15, 0.2) is 11.6 Å². The van der Waals surface area contributed by atoms with Gasteiger partial charge in [-0.3, -0.25) is 19.2 Å². The van der Waals surface area contributed by atoms with Crippen molar-refractivity contribution in [2.24, 2.45) is 22.7 Å². The topological polar surface area (TPSA) is 99.3 Å². The second kappa shape index (κ2) is 7.45. The normalized spacial score (nSPS) is 46.3. The van der Waals surface area contributed by atoms with Gasteiger partial charge in [0.25, 0.3) is 0 Å². The Bertz CT molecular complexity index is 1010. The molecule has 5 rings (SSSR count). The number of rotatable bonds is 5. The lowest BCUT2D eigenvalue weighted by Crippen LogP contribution is -2.62. The van der Waals surface area contributed by atoms with Crippen LogP contribution in [-0.4, -0.2) is 53.6 Å². The van der Waals surface area contributed by atoms with Crippen molar-refractivity contribution >= 4 is 23.5 Å². The Morgan fingerprint density at radius 1 is 1.15 bits per heavy atom. The van der Waals surface area contributed by atoms with E-state index in [0.29, 0.717) is 37.7 Å². The van der Waals surface area contributed by atoms with Crippen molar-refractivity contribution < 1.29 is 37.8 Å². The summed E-state index contributed by atoms with van der Waals surface area (Å²) in [5.74, 6) is -1.43. The minimum atomic E-state index is -1.22. The molecule has 0 aromatic heterocycles. The van der Waals surface area contributed by atoms with E-state index >= 15 is 4.39 Å². The molecule has 1 saturated heterocycles. The predicted molar refractivity (Wildman–Crippen MR) is 117 cm³/mol. The third-order valence-electron chi connectivity index (χ3n) is 9.87. The highest BCUT2D eigenvalue weighted by atomic mass is 19.1. The molecule has 0 N–H and O–H groups in total. The van der Waals surface area contributed by atoms with Gasteiger partial charge in [-0.25, -0.2) is 4.39 Å². The maximum absolute atomic E-state index is 15.6. The first kappa shape index (κ1) is 23.6. The van der Waals surface area contributed by atoms with Crippen LogP contribution in [-0.2, 0) is 33.4 Å². The Balaban J connectivity index is 1.50. The number of ketones is 2. The number of ether oxygens (including phenoxy) is 3. The molecule has 4 aliphatic carbocycles. The molecule has 3 unspecified atom stereocenters. The standard InChI is InChI=1S/C26H33FO7/c1-14(28)32-13-17(31)11-25(33-15(2)29)8-6-18-19-10-21(27)20-9-16(30)5-7-23(20,3)26(19)22(34-26)12-24(18,25)4/h9,18-19,21-22H,5-8,10-13H2,1-4H3/t18?,19?,21-,22+,23-,24-,25-,26?/m0/s1. The van der Waals surface area contributed by atoms with Crippen LogP contribution >= 0.6 is 0 Å². The molecule has 0 aromatic carbocycles. The molecule has 186 valence electrons. The van der Waals surface area contributed by atoms with Crippen LogP contribution in [0.1, 0.15) is 72.6 Å². The highest BCUT2D eigenvalue weighted by Crippen LogP contribution is 2.77. The minimum Gasteiger partial charge on any atom is -0.458 e. The van der Waals surface area contributed by atoms with E-state index in [1.54, 1.807) is 0 Å². The van der Waals surface area contributed by atoms with Gasteiger partial charge in [-0.2, -0.15) is 0 Å². The first-order chi connectivity index (χ1) is 15.9. The van der Waals surface area contributed by atoms with Gasteiger partial charge < -0.3 is 14.2 Å². The van der Waals surface area contributed by atoms with Crippen LogP contribution in [0.3, 0.4) is 0 Å². The Labute approximate surface area is 198 Å². The number of halogens is 1. The number of esters is 2. The molecule has 1 aliphatic heterocycles. The smallest absolute Gasteiger partial charge is 0.303 e. The summed E-state index contributed by atoms with van der Waals surface area (Å²) in [7, 11) is 0. The zero-order valence-corrected chi connectivity index (χ0v) is 20.3. The van der Waals surface area contributed by atoms with Crippen LogP contribution < -0.4 is 0 Å². The number of carbonyl (C=O) groups is 4. The van der Waals surface area contributed by atoms with Gasteiger partial charge in [0.1, 0.15) is 24.0 Å². The van der Waals surface area contributed by atoms with Crippen LogP contribution in [0.2, 0.25) is 0 Å². The van der Waals surface area contributed by atoms with Gasteiger partial charge >= 0.3 is 11.9 Å². The first-order valence-corrected chi connectivity index (χ1v) is 12.3. The molecule has 8 heteroatoms. The summed E-state index contributed by atoms with van der Waals surface area (Å²) in [5, 5.41) is 0. The molecule has 3 saturated carbocycles. The van der Waals surface area contributed by atoms with Gasteiger partial charge in [0, 0.05) is 31.1 Å². The minimum absolute atomic E-state index is 0.00128. The zero-order chi connectivity index (χ0) is 24.7. The molecule has 1 heterocycles.